The van der Waals surface area contributed by atoms with Gasteiger partial charge < -0.3 is 20.4 Å². The Kier molecular flexibility index (Phi) is 7.46. The second-order valence-electron chi connectivity index (χ2n) is 8.22. The fraction of sp³-hybridized carbons (Fsp3) is 0.417. The Morgan fingerprint density at radius 1 is 0.933 bits per heavy atom. The van der Waals surface area contributed by atoms with Gasteiger partial charge in [0.15, 0.2) is 0 Å². The normalized spacial score (nSPS) is 16.0. The molecule has 0 unspecified atom stereocenters. The summed E-state index contributed by atoms with van der Waals surface area (Å²) in [6.07, 6.45) is 2.40. The van der Waals surface area contributed by atoms with E-state index in [-0.39, 0.29) is 12.1 Å². The zero-order valence-corrected chi connectivity index (χ0v) is 18.2. The van der Waals surface area contributed by atoms with Gasteiger partial charge in [0.1, 0.15) is 6.04 Å². The maximum atomic E-state index is 12.5. The molecule has 0 bridgehead atoms. The molecule has 0 spiro atoms. The third kappa shape index (κ3) is 5.60. The number of nitrogens with zero attached hydrogens (tertiary/aromatic N) is 1. The molecule has 160 valence electrons. The van der Waals surface area contributed by atoms with Crippen molar-refractivity contribution in [2.75, 3.05) is 38.6 Å². The van der Waals surface area contributed by atoms with Crippen molar-refractivity contribution in [2.45, 2.75) is 31.8 Å². The number of benzene rings is 2. The van der Waals surface area contributed by atoms with E-state index in [1.54, 1.807) is 0 Å². The van der Waals surface area contributed by atoms with Crippen molar-refractivity contribution in [1.82, 2.24) is 10.6 Å². The van der Waals surface area contributed by atoms with Crippen molar-refractivity contribution in [1.29, 1.82) is 0 Å². The Morgan fingerprint density at radius 2 is 1.57 bits per heavy atom. The lowest BCUT2D eigenvalue weighted by molar-refractivity contribution is -0.918. The summed E-state index contributed by atoms with van der Waals surface area (Å²) in [6.45, 7) is 4.51. The minimum absolute atomic E-state index is 0.145. The van der Waals surface area contributed by atoms with Gasteiger partial charge in [-0.3, -0.25) is 9.59 Å². The highest BCUT2D eigenvalue weighted by Gasteiger charge is 2.29. The number of hydrogen-bond donors (Lipinski definition) is 3. The summed E-state index contributed by atoms with van der Waals surface area (Å²) < 4.78 is 0. The van der Waals surface area contributed by atoms with Crippen LogP contribution in [0.25, 0.3) is 0 Å². The summed E-state index contributed by atoms with van der Waals surface area (Å²) in [5.41, 5.74) is 3.31. The van der Waals surface area contributed by atoms with E-state index in [4.69, 9.17) is 0 Å². The first-order valence-corrected chi connectivity index (χ1v) is 10.7. The van der Waals surface area contributed by atoms with Gasteiger partial charge in [-0.1, -0.05) is 42.5 Å². The number of rotatable bonds is 7. The third-order valence-electron chi connectivity index (χ3n) is 5.87. The molecule has 1 heterocycles. The molecule has 30 heavy (non-hydrogen) atoms. The molecular formula is C24H33N4O2+. The van der Waals surface area contributed by atoms with E-state index in [2.05, 4.69) is 39.8 Å². The minimum Gasteiger partial charge on any atom is -0.378 e. The van der Waals surface area contributed by atoms with Crippen molar-refractivity contribution in [2.24, 2.45) is 0 Å². The lowest BCUT2D eigenvalue weighted by atomic mass is 10.0. The van der Waals surface area contributed by atoms with Gasteiger partial charge in [0.2, 0.25) is 0 Å². The Labute approximate surface area is 179 Å². The van der Waals surface area contributed by atoms with Crippen molar-refractivity contribution in [3.63, 3.8) is 0 Å². The maximum absolute atomic E-state index is 12.5. The zero-order chi connectivity index (χ0) is 21.5. The summed E-state index contributed by atoms with van der Waals surface area (Å²) >= 11 is 0. The van der Waals surface area contributed by atoms with E-state index in [1.807, 2.05) is 51.4 Å². The Morgan fingerprint density at radius 3 is 2.17 bits per heavy atom. The van der Waals surface area contributed by atoms with Gasteiger partial charge >= 0.3 is 11.8 Å². The van der Waals surface area contributed by atoms with E-state index in [1.165, 1.54) is 23.3 Å². The minimum atomic E-state index is -0.593. The summed E-state index contributed by atoms with van der Waals surface area (Å²) in [4.78, 5) is 28.4. The van der Waals surface area contributed by atoms with Crippen molar-refractivity contribution >= 4 is 17.5 Å². The van der Waals surface area contributed by atoms with Gasteiger partial charge in [-0.2, -0.15) is 0 Å². The summed E-state index contributed by atoms with van der Waals surface area (Å²) in [5.74, 6) is -1.17. The molecule has 1 saturated heterocycles. The molecule has 0 aromatic heterocycles. The molecule has 2 aromatic rings. The molecule has 0 saturated carbocycles. The lowest BCUT2D eigenvalue weighted by Gasteiger charge is -2.26. The van der Waals surface area contributed by atoms with Crippen LogP contribution in [-0.2, 0) is 9.59 Å². The molecular weight excluding hydrogens is 376 g/mol. The average Bonchev–Trinajstić information content (AvgIpc) is 3.29. The molecule has 1 aliphatic heterocycles. The molecule has 2 aromatic carbocycles. The highest BCUT2D eigenvalue weighted by Crippen LogP contribution is 2.17. The number of likely N-dealkylation sites (tertiary alicyclic amines) is 1. The molecule has 1 fully saturated rings. The van der Waals surface area contributed by atoms with Gasteiger partial charge in [0.05, 0.1) is 25.7 Å². The largest absolute Gasteiger partial charge is 0.378 e. The molecule has 3 N–H and O–H groups in total. The van der Waals surface area contributed by atoms with Crippen LogP contribution in [0, 0.1) is 0 Å². The average molecular weight is 410 g/mol. The first-order valence-electron chi connectivity index (χ1n) is 10.7. The monoisotopic (exact) mass is 409 g/mol. The van der Waals surface area contributed by atoms with Gasteiger partial charge in [-0.25, -0.2) is 0 Å². The lowest BCUT2D eigenvalue weighted by Crippen LogP contribution is -3.11. The maximum Gasteiger partial charge on any atom is 0.309 e. The van der Waals surface area contributed by atoms with E-state index >= 15 is 0 Å². The number of hydrogen-bond acceptors (Lipinski definition) is 3. The first-order chi connectivity index (χ1) is 14.5. The smallest absolute Gasteiger partial charge is 0.309 e. The van der Waals surface area contributed by atoms with Crippen LogP contribution in [0.15, 0.2) is 54.6 Å². The van der Waals surface area contributed by atoms with E-state index in [9.17, 15) is 9.59 Å². The first kappa shape index (κ1) is 21.8. The number of amides is 2. The predicted molar refractivity (Wildman–Crippen MR) is 119 cm³/mol. The topological polar surface area (TPSA) is 65.9 Å². The molecule has 0 aliphatic carbocycles. The molecule has 3 rings (SSSR count). The highest BCUT2D eigenvalue weighted by atomic mass is 16.2. The predicted octanol–water partition coefficient (Wildman–Crippen LogP) is 1.47. The number of anilines is 1. The van der Waals surface area contributed by atoms with E-state index < -0.39 is 11.8 Å². The van der Waals surface area contributed by atoms with Gasteiger partial charge in [0.25, 0.3) is 0 Å². The van der Waals surface area contributed by atoms with Gasteiger partial charge in [-0.15, -0.1) is 0 Å². The van der Waals surface area contributed by atoms with Crippen LogP contribution in [0.5, 0.6) is 0 Å². The number of carbonyl (C=O) groups excluding carboxylic acids is 2. The summed E-state index contributed by atoms with van der Waals surface area (Å²) in [7, 11) is 4.04. The zero-order valence-electron chi connectivity index (χ0n) is 18.2. The standard InChI is InChI=1S/C24H32N4O2/c1-18(19-9-5-4-6-10-19)26-24(30)23(29)25-17-22(28-15-7-8-16-28)20-11-13-21(14-12-20)27(2)3/h4-6,9-14,18,22H,7-8,15-17H2,1-3H3,(H,25,29)(H,26,30)/p+1/t18-,22+/m0/s1. The van der Waals surface area contributed by atoms with Crippen molar-refractivity contribution < 1.29 is 14.5 Å². The van der Waals surface area contributed by atoms with Crippen LogP contribution in [0.2, 0.25) is 0 Å². The number of quaternary nitrogens is 1. The van der Waals surface area contributed by atoms with Gasteiger partial charge in [0, 0.05) is 38.2 Å². The molecule has 6 nitrogen and oxygen atoms in total. The van der Waals surface area contributed by atoms with Crippen LogP contribution in [0.4, 0.5) is 5.69 Å². The second kappa shape index (κ2) is 10.3. The van der Waals surface area contributed by atoms with Crippen molar-refractivity contribution in [3.05, 3.63) is 65.7 Å². The Bertz CT molecular complexity index is 830. The number of carbonyl (C=O) groups is 2. The van der Waals surface area contributed by atoms with Crippen LogP contribution < -0.4 is 20.4 Å². The van der Waals surface area contributed by atoms with Crippen LogP contribution >= 0.6 is 0 Å². The fourth-order valence-electron chi connectivity index (χ4n) is 4.04. The molecule has 1 aliphatic rings. The van der Waals surface area contributed by atoms with Crippen LogP contribution in [0.3, 0.4) is 0 Å². The fourth-order valence-corrected chi connectivity index (χ4v) is 4.04. The van der Waals surface area contributed by atoms with Gasteiger partial charge in [-0.05, 0) is 24.6 Å². The molecule has 6 heteroatoms. The van der Waals surface area contributed by atoms with E-state index in [0.717, 1.165) is 24.3 Å². The number of nitrogens with one attached hydrogen (secondary N) is 3. The SMILES string of the molecule is C[C@H](NC(=O)C(=O)NC[C@H](c1ccc(N(C)C)cc1)[NH+]1CCCC1)c1ccccc1. The van der Waals surface area contributed by atoms with Crippen molar-refractivity contribution in [3.8, 4) is 0 Å². The third-order valence-corrected chi connectivity index (χ3v) is 5.87. The summed E-state index contributed by atoms with van der Waals surface area (Å²) in [6, 6.07) is 18.0. The van der Waals surface area contributed by atoms with E-state index in [0.29, 0.717) is 6.54 Å². The molecule has 2 atom stereocenters. The highest BCUT2D eigenvalue weighted by molar-refractivity contribution is 6.35. The molecule has 2 amide bonds. The van der Waals surface area contributed by atoms with Crippen LogP contribution in [-0.4, -0.2) is 45.5 Å². The molecule has 0 radical (unpaired) electrons. The second-order valence-corrected chi connectivity index (χ2v) is 8.22. The quantitative estimate of drug-likeness (QED) is 0.607. The summed E-state index contributed by atoms with van der Waals surface area (Å²) in [5, 5.41) is 5.66. The Balaban J connectivity index is 1.61. The Hall–Kier alpha value is -2.86. The van der Waals surface area contributed by atoms with Crippen LogP contribution in [0.1, 0.15) is 43.0 Å².